The molecule has 2 N–H and O–H groups in total. The van der Waals surface area contributed by atoms with Gasteiger partial charge in [-0.05, 0) is 18.1 Å². The number of aromatic amines is 1. The predicted molar refractivity (Wildman–Crippen MR) is 74.9 cm³/mol. The third kappa shape index (κ3) is 2.09. The summed E-state index contributed by atoms with van der Waals surface area (Å²) in [5.74, 6) is 0. The van der Waals surface area contributed by atoms with Gasteiger partial charge < -0.3 is 10.3 Å². The minimum atomic E-state index is 0.766. The van der Waals surface area contributed by atoms with Gasteiger partial charge in [0.25, 0.3) is 0 Å². The molecule has 0 aliphatic rings. The molecule has 0 saturated carbocycles. The van der Waals surface area contributed by atoms with E-state index in [-0.39, 0.29) is 0 Å². The van der Waals surface area contributed by atoms with Crippen LogP contribution in [0, 0.1) is 0 Å². The number of hydrogen-bond donors (Lipinski definition) is 2. The van der Waals surface area contributed by atoms with Crippen LogP contribution >= 0.6 is 11.3 Å². The highest BCUT2D eigenvalue weighted by atomic mass is 32.1. The fourth-order valence-corrected chi connectivity index (χ4v) is 2.59. The Morgan fingerprint density at radius 3 is 3.00 bits per heavy atom. The molecular weight excluding hydrogens is 244 g/mol. The van der Waals surface area contributed by atoms with Crippen LogP contribution in [0.25, 0.3) is 10.9 Å². The molecule has 0 spiro atoms. The first-order chi connectivity index (χ1) is 8.86. The Hall–Kier alpha value is -1.88. The van der Waals surface area contributed by atoms with E-state index in [1.807, 2.05) is 12.3 Å². The summed E-state index contributed by atoms with van der Waals surface area (Å²) < 4.78 is 0. The Kier molecular flexibility index (Phi) is 2.98. The zero-order valence-electron chi connectivity index (χ0n) is 10.1. The fourth-order valence-electron chi connectivity index (χ4n) is 1.92. The molecule has 18 heavy (non-hydrogen) atoms. The predicted octanol–water partition coefficient (Wildman–Crippen LogP) is 3.19. The Morgan fingerprint density at radius 1 is 1.28 bits per heavy atom. The molecule has 3 rings (SSSR count). The van der Waals surface area contributed by atoms with Crippen molar-refractivity contribution in [2.45, 2.75) is 19.9 Å². The van der Waals surface area contributed by atoms with Crippen LogP contribution in [0.3, 0.4) is 0 Å². The van der Waals surface area contributed by atoms with E-state index in [0.717, 1.165) is 23.1 Å². The Morgan fingerprint density at radius 2 is 2.17 bits per heavy atom. The Bertz CT molecular complexity index is 656. The fraction of sp³-hybridized carbons (Fsp3) is 0.231. The number of H-pyrrole nitrogens is 1. The second-order valence-electron chi connectivity index (χ2n) is 4.07. The molecule has 3 aromatic rings. The van der Waals surface area contributed by atoms with Crippen LogP contribution in [0.15, 0.2) is 30.5 Å². The monoisotopic (exact) mass is 258 g/mol. The number of aromatic nitrogens is 3. The molecule has 0 fully saturated rings. The van der Waals surface area contributed by atoms with Gasteiger partial charge in [-0.2, -0.15) is 0 Å². The number of nitrogens with one attached hydrogen (secondary N) is 2. The number of para-hydroxylation sites is 1. The number of anilines is 1. The summed E-state index contributed by atoms with van der Waals surface area (Å²) >= 11 is 1.62. The number of nitrogens with zero attached hydrogens (tertiary/aromatic N) is 2. The number of aryl methyl sites for hydroxylation is 1. The van der Waals surface area contributed by atoms with Crippen LogP contribution in [0.1, 0.15) is 17.5 Å². The summed E-state index contributed by atoms with van der Waals surface area (Å²) in [6, 6.07) is 8.30. The first kappa shape index (κ1) is 11.2. The molecule has 2 aromatic heterocycles. The van der Waals surface area contributed by atoms with Gasteiger partial charge in [-0.1, -0.05) is 36.5 Å². The molecule has 2 heterocycles. The quantitative estimate of drug-likeness (QED) is 0.755. The maximum Gasteiger partial charge on any atom is 0.205 e. The highest BCUT2D eigenvalue weighted by Gasteiger charge is 2.05. The van der Waals surface area contributed by atoms with Crippen molar-refractivity contribution in [3.63, 3.8) is 0 Å². The zero-order valence-corrected chi connectivity index (χ0v) is 10.9. The van der Waals surface area contributed by atoms with Crippen molar-refractivity contribution in [1.29, 1.82) is 0 Å². The van der Waals surface area contributed by atoms with Crippen molar-refractivity contribution in [2.75, 3.05) is 5.32 Å². The average Bonchev–Trinajstić information content (AvgIpc) is 3.03. The van der Waals surface area contributed by atoms with Crippen LogP contribution in [0.5, 0.6) is 0 Å². The lowest BCUT2D eigenvalue weighted by molar-refractivity contribution is 0.976. The van der Waals surface area contributed by atoms with Gasteiger partial charge in [0.15, 0.2) is 0 Å². The van der Waals surface area contributed by atoms with E-state index in [4.69, 9.17) is 0 Å². The highest BCUT2D eigenvalue weighted by molar-refractivity contribution is 7.15. The van der Waals surface area contributed by atoms with E-state index in [1.165, 1.54) is 16.5 Å². The van der Waals surface area contributed by atoms with E-state index in [2.05, 4.69) is 45.6 Å². The lowest BCUT2D eigenvalue weighted by Crippen LogP contribution is -1.97. The molecule has 0 amide bonds. The molecule has 0 unspecified atom stereocenters. The molecule has 0 aliphatic carbocycles. The van der Waals surface area contributed by atoms with E-state index < -0.39 is 0 Å². The normalized spacial score (nSPS) is 10.9. The maximum atomic E-state index is 4.11. The van der Waals surface area contributed by atoms with Crippen molar-refractivity contribution in [3.8, 4) is 0 Å². The van der Waals surface area contributed by atoms with Gasteiger partial charge in [0, 0.05) is 23.6 Å². The van der Waals surface area contributed by atoms with Gasteiger partial charge in [0.05, 0.1) is 0 Å². The lowest BCUT2D eigenvalue weighted by atomic mass is 10.2. The van der Waals surface area contributed by atoms with Crippen LogP contribution in [0.2, 0.25) is 0 Å². The van der Waals surface area contributed by atoms with Crippen LogP contribution in [-0.2, 0) is 13.0 Å². The lowest BCUT2D eigenvalue weighted by Gasteiger charge is -2.00. The summed E-state index contributed by atoms with van der Waals surface area (Å²) in [6.45, 7) is 2.85. The van der Waals surface area contributed by atoms with Gasteiger partial charge in [0.2, 0.25) is 5.13 Å². The molecule has 92 valence electrons. The number of hydrogen-bond acceptors (Lipinski definition) is 4. The minimum absolute atomic E-state index is 0.766. The number of rotatable bonds is 4. The number of fused-ring (bicyclic) bond motifs is 1. The van der Waals surface area contributed by atoms with Crippen LogP contribution < -0.4 is 5.32 Å². The Balaban J connectivity index is 1.76. The maximum absolute atomic E-state index is 4.11. The molecule has 1 aromatic carbocycles. The van der Waals surface area contributed by atoms with Crippen molar-refractivity contribution < 1.29 is 0 Å². The van der Waals surface area contributed by atoms with Crippen molar-refractivity contribution >= 4 is 27.4 Å². The van der Waals surface area contributed by atoms with Gasteiger partial charge >= 0.3 is 0 Å². The van der Waals surface area contributed by atoms with E-state index in [0.29, 0.717) is 0 Å². The molecular formula is C13H14N4S. The largest absolute Gasteiger partial charge is 0.361 e. The SMILES string of the molecule is CCc1nnc(NCc2c[nH]c3ccccc23)s1. The van der Waals surface area contributed by atoms with Gasteiger partial charge in [-0.25, -0.2) is 0 Å². The minimum Gasteiger partial charge on any atom is -0.361 e. The first-order valence-corrected chi connectivity index (χ1v) is 6.79. The van der Waals surface area contributed by atoms with Gasteiger partial charge in [-0.3, -0.25) is 0 Å². The second kappa shape index (κ2) is 4.78. The van der Waals surface area contributed by atoms with E-state index in [1.54, 1.807) is 11.3 Å². The molecule has 5 heteroatoms. The third-order valence-electron chi connectivity index (χ3n) is 2.87. The van der Waals surface area contributed by atoms with Gasteiger partial charge in [0.1, 0.15) is 5.01 Å². The zero-order chi connectivity index (χ0) is 12.4. The molecule has 0 radical (unpaired) electrons. The summed E-state index contributed by atoms with van der Waals surface area (Å²) in [5.41, 5.74) is 2.42. The summed E-state index contributed by atoms with van der Waals surface area (Å²) in [5, 5.41) is 14.7. The third-order valence-corrected chi connectivity index (χ3v) is 3.90. The van der Waals surface area contributed by atoms with Crippen molar-refractivity contribution in [2.24, 2.45) is 0 Å². The van der Waals surface area contributed by atoms with Crippen LogP contribution in [-0.4, -0.2) is 15.2 Å². The standard InChI is InChI=1S/C13H14N4S/c1-2-12-16-17-13(18-12)15-8-9-7-14-11-6-4-3-5-10(9)11/h3-7,14H,2,8H2,1H3,(H,15,17). The van der Waals surface area contributed by atoms with E-state index in [9.17, 15) is 0 Å². The molecule has 4 nitrogen and oxygen atoms in total. The Labute approximate surface area is 109 Å². The molecule has 0 atom stereocenters. The molecule has 0 aliphatic heterocycles. The molecule has 0 saturated heterocycles. The summed E-state index contributed by atoms with van der Waals surface area (Å²) in [7, 11) is 0. The second-order valence-corrected chi connectivity index (χ2v) is 5.13. The first-order valence-electron chi connectivity index (χ1n) is 5.98. The van der Waals surface area contributed by atoms with Gasteiger partial charge in [-0.15, -0.1) is 10.2 Å². The average molecular weight is 258 g/mol. The number of benzene rings is 1. The molecule has 0 bridgehead atoms. The smallest absolute Gasteiger partial charge is 0.205 e. The highest BCUT2D eigenvalue weighted by Crippen LogP contribution is 2.20. The van der Waals surface area contributed by atoms with Crippen LogP contribution in [0.4, 0.5) is 5.13 Å². The summed E-state index contributed by atoms with van der Waals surface area (Å²) in [4.78, 5) is 3.27. The summed E-state index contributed by atoms with van der Waals surface area (Å²) in [6.07, 6.45) is 2.98. The van der Waals surface area contributed by atoms with Crippen molar-refractivity contribution in [3.05, 3.63) is 41.0 Å². The van der Waals surface area contributed by atoms with E-state index >= 15 is 0 Å². The van der Waals surface area contributed by atoms with Crippen molar-refractivity contribution in [1.82, 2.24) is 15.2 Å². The topological polar surface area (TPSA) is 53.6 Å².